The van der Waals surface area contributed by atoms with Gasteiger partial charge in [-0.05, 0) is 36.8 Å². The van der Waals surface area contributed by atoms with Gasteiger partial charge in [0.05, 0.1) is 17.9 Å². The average Bonchev–Trinajstić information content (AvgIpc) is 2.77. The molecule has 2 N–H and O–H groups in total. The molecule has 1 aliphatic carbocycles. The van der Waals surface area contributed by atoms with E-state index in [4.69, 9.17) is 0 Å². The highest BCUT2D eigenvalue weighted by Crippen LogP contribution is 2.68. The van der Waals surface area contributed by atoms with Gasteiger partial charge in [-0.2, -0.15) is 5.10 Å². The van der Waals surface area contributed by atoms with E-state index in [1.807, 2.05) is 10.9 Å². The molecule has 2 heterocycles. The molecule has 0 spiro atoms. The highest BCUT2D eigenvalue weighted by atomic mass is 16.2. The van der Waals surface area contributed by atoms with Crippen LogP contribution in [0.2, 0.25) is 0 Å². The van der Waals surface area contributed by atoms with Gasteiger partial charge in [0.2, 0.25) is 5.91 Å². The Bertz CT molecular complexity index is 526. The molecule has 1 saturated carbocycles. The molecule has 0 unspecified atom stereocenters. The van der Waals surface area contributed by atoms with Crippen LogP contribution in [0.3, 0.4) is 0 Å². The Hall–Kier alpha value is -1.36. The third kappa shape index (κ3) is 2.37. The second kappa shape index (κ2) is 4.83. The lowest BCUT2D eigenvalue weighted by atomic mass is 10.0. The van der Waals surface area contributed by atoms with Gasteiger partial charge < -0.3 is 10.6 Å². The molecule has 2 fully saturated rings. The van der Waals surface area contributed by atoms with Crippen molar-refractivity contribution in [1.29, 1.82) is 0 Å². The molecule has 0 radical (unpaired) electrons. The number of piperidine rings is 1. The highest BCUT2D eigenvalue weighted by molar-refractivity contribution is 5.95. The largest absolute Gasteiger partial charge is 0.323 e. The van der Waals surface area contributed by atoms with Crippen molar-refractivity contribution < 1.29 is 4.79 Å². The Labute approximate surface area is 126 Å². The van der Waals surface area contributed by atoms with Crippen LogP contribution in [0.25, 0.3) is 0 Å². The zero-order chi connectivity index (χ0) is 15.3. The summed E-state index contributed by atoms with van der Waals surface area (Å²) in [5, 5.41) is 10.8. The minimum atomic E-state index is 0.0715. The molecule has 0 atom stereocenters. The van der Waals surface area contributed by atoms with E-state index >= 15 is 0 Å². The Morgan fingerprint density at radius 2 is 1.90 bits per heavy atom. The molecule has 1 aromatic rings. The van der Waals surface area contributed by atoms with Crippen molar-refractivity contribution in [1.82, 2.24) is 15.1 Å². The first-order valence-electron chi connectivity index (χ1n) is 7.90. The molecule has 21 heavy (non-hydrogen) atoms. The fraction of sp³-hybridized carbons (Fsp3) is 0.750. The molecule has 116 valence electrons. The summed E-state index contributed by atoms with van der Waals surface area (Å²) in [5.74, 6) is 0.196. The number of aromatic nitrogens is 2. The van der Waals surface area contributed by atoms with Gasteiger partial charge in [0, 0.05) is 12.1 Å². The van der Waals surface area contributed by atoms with Gasteiger partial charge >= 0.3 is 0 Å². The van der Waals surface area contributed by atoms with Crippen LogP contribution in [0.4, 0.5) is 5.69 Å². The lowest BCUT2D eigenvalue weighted by molar-refractivity contribution is -0.118. The summed E-state index contributed by atoms with van der Waals surface area (Å²) in [4.78, 5) is 12.4. The number of hydrogen-bond acceptors (Lipinski definition) is 3. The molecule has 2 aliphatic rings. The third-order valence-electron chi connectivity index (χ3n) is 5.83. The lowest BCUT2D eigenvalue weighted by Crippen LogP contribution is -2.29. The molecule has 1 amide bonds. The molecule has 0 bridgehead atoms. The first-order chi connectivity index (χ1) is 9.84. The van der Waals surface area contributed by atoms with E-state index in [0.717, 1.165) is 31.6 Å². The van der Waals surface area contributed by atoms with E-state index in [-0.39, 0.29) is 22.7 Å². The van der Waals surface area contributed by atoms with Gasteiger partial charge in [0.15, 0.2) is 0 Å². The first-order valence-corrected chi connectivity index (χ1v) is 7.90. The fourth-order valence-corrected chi connectivity index (χ4v) is 3.74. The Balaban J connectivity index is 1.64. The van der Waals surface area contributed by atoms with Crippen molar-refractivity contribution in [3.05, 3.63) is 12.4 Å². The molecule has 0 aromatic carbocycles. The smallest absolute Gasteiger partial charge is 0.228 e. The highest BCUT2D eigenvalue weighted by Gasteiger charge is 2.68. The summed E-state index contributed by atoms with van der Waals surface area (Å²) >= 11 is 0. The third-order valence-corrected chi connectivity index (χ3v) is 5.83. The van der Waals surface area contributed by atoms with Gasteiger partial charge in [-0.3, -0.25) is 9.48 Å². The predicted molar refractivity (Wildman–Crippen MR) is 83.0 cm³/mol. The summed E-state index contributed by atoms with van der Waals surface area (Å²) in [6, 6.07) is 0.450. The number of nitrogens with one attached hydrogen (secondary N) is 2. The van der Waals surface area contributed by atoms with Crippen LogP contribution in [0.1, 0.15) is 46.6 Å². The zero-order valence-corrected chi connectivity index (χ0v) is 13.4. The van der Waals surface area contributed by atoms with Crippen molar-refractivity contribution in [2.24, 2.45) is 16.7 Å². The van der Waals surface area contributed by atoms with Crippen molar-refractivity contribution in [3.63, 3.8) is 0 Å². The van der Waals surface area contributed by atoms with Crippen molar-refractivity contribution in [2.75, 3.05) is 18.4 Å². The summed E-state index contributed by atoms with van der Waals surface area (Å²) in [6.45, 7) is 10.7. The number of carbonyl (C=O) groups excluding carboxylic acids is 1. The van der Waals surface area contributed by atoms with E-state index in [9.17, 15) is 4.79 Å². The second-order valence-corrected chi connectivity index (χ2v) is 7.56. The summed E-state index contributed by atoms with van der Waals surface area (Å²) < 4.78 is 2.00. The molecular weight excluding hydrogens is 264 g/mol. The van der Waals surface area contributed by atoms with E-state index in [0.29, 0.717) is 6.04 Å². The minimum absolute atomic E-state index is 0.0715. The lowest BCUT2D eigenvalue weighted by Gasteiger charge is -2.22. The van der Waals surface area contributed by atoms with Crippen molar-refractivity contribution in [2.45, 2.75) is 46.6 Å². The molecule has 5 heteroatoms. The standard InChI is InChI=1S/C16H26N4O/c1-15(2)13(16(15,3)4)14(21)19-11-9-18-20(10-11)12-5-7-17-8-6-12/h9-10,12-13,17H,5-8H2,1-4H3,(H,19,21). The number of hydrogen-bond donors (Lipinski definition) is 2. The maximum Gasteiger partial charge on any atom is 0.228 e. The van der Waals surface area contributed by atoms with Gasteiger partial charge in [-0.1, -0.05) is 27.7 Å². The Kier molecular flexibility index (Phi) is 3.35. The SMILES string of the molecule is CC1(C)C(C(=O)Nc2cnn(C3CCNCC3)c2)C1(C)C. The van der Waals surface area contributed by atoms with Gasteiger partial charge in [-0.25, -0.2) is 0 Å². The van der Waals surface area contributed by atoms with Gasteiger partial charge in [-0.15, -0.1) is 0 Å². The molecule has 1 aromatic heterocycles. The van der Waals surface area contributed by atoms with E-state index in [2.05, 4.69) is 43.4 Å². The Morgan fingerprint density at radius 3 is 2.48 bits per heavy atom. The molecule has 3 rings (SSSR count). The number of carbonyl (C=O) groups is 1. The predicted octanol–water partition coefficient (Wildman–Crippen LogP) is 2.43. The molecular formula is C16H26N4O. The minimum Gasteiger partial charge on any atom is -0.323 e. The van der Waals surface area contributed by atoms with Crippen LogP contribution in [0.5, 0.6) is 0 Å². The maximum atomic E-state index is 12.4. The summed E-state index contributed by atoms with van der Waals surface area (Å²) in [6.07, 6.45) is 5.92. The zero-order valence-electron chi connectivity index (χ0n) is 13.4. The van der Waals surface area contributed by atoms with Crippen molar-refractivity contribution in [3.8, 4) is 0 Å². The van der Waals surface area contributed by atoms with E-state index in [1.165, 1.54) is 0 Å². The second-order valence-electron chi connectivity index (χ2n) is 7.56. The van der Waals surface area contributed by atoms with Crippen LogP contribution >= 0.6 is 0 Å². The Morgan fingerprint density at radius 1 is 1.29 bits per heavy atom. The van der Waals surface area contributed by atoms with Gasteiger partial charge in [0.25, 0.3) is 0 Å². The number of rotatable bonds is 3. The van der Waals surface area contributed by atoms with Crippen molar-refractivity contribution >= 4 is 11.6 Å². The van der Waals surface area contributed by atoms with Crippen LogP contribution < -0.4 is 10.6 Å². The average molecular weight is 290 g/mol. The van der Waals surface area contributed by atoms with E-state index in [1.54, 1.807) is 6.20 Å². The van der Waals surface area contributed by atoms with Crippen LogP contribution in [0, 0.1) is 16.7 Å². The monoisotopic (exact) mass is 290 g/mol. The summed E-state index contributed by atoms with van der Waals surface area (Å²) in [7, 11) is 0. The van der Waals surface area contributed by atoms with E-state index < -0.39 is 0 Å². The van der Waals surface area contributed by atoms with Gasteiger partial charge in [0.1, 0.15) is 0 Å². The quantitative estimate of drug-likeness (QED) is 0.899. The first kappa shape index (κ1) is 14.6. The number of nitrogens with zero attached hydrogens (tertiary/aromatic N) is 2. The number of amides is 1. The molecule has 1 aliphatic heterocycles. The fourth-order valence-electron chi connectivity index (χ4n) is 3.74. The van der Waals surface area contributed by atoms with Crippen LogP contribution in [0.15, 0.2) is 12.4 Å². The van der Waals surface area contributed by atoms with Crippen LogP contribution in [-0.2, 0) is 4.79 Å². The number of anilines is 1. The topological polar surface area (TPSA) is 59.0 Å². The van der Waals surface area contributed by atoms with Crippen LogP contribution in [-0.4, -0.2) is 28.8 Å². The molecule has 5 nitrogen and oxygen atoms in total. The molecule has 1 saturated heterocycles. The normalized spacial score (nSPS) is 24.8. The maximum absolute atomic E-state index is 12.4. The summed E-state index contributed by atoms with van der Waals surface area (Å²) in [5.41, 5.74) is 0.960.